The third kappa shape index (κ3) is 3.76. The highest BCUT2D eigenvalue weighted by molar-refractivity contribution is 8.00. The molecule has 0 radical (unpaired) electrons. The molecule has 2 amide bonds. The number of carbonyl (C=O) groups is 3. The van der Waals surface area contributed by atoms with Crippen LogP contribution in [0.4, 0.5) is 11.1 Å². The zero-order valence-electron chi connectivity index (χ0n) is 19.8. The number of nitrogen functional groups attached to an aromatic ring is 3. The van der Waals surface area contributed by atoms with Crippen LogP contribution in [-0.2, 0) is 32.1 Å². The van der Waals surface area contributed by atoms with Gasteiger partial charge in [-0.2, -0.15) is 0 Å². The summed E-state index contributed by atoms with van der Waals surface area (Å²) >= 11 is 7.52. The fraction of sp³-hybridized carbons (Fsp3) is 0.333. The zero-order chi connectivity index (χ0) is 27.4. The number of aliphatic carboxylic acids is 1. The summed E-state index contributed by atoms with van der Waals surface area (Å²) in [6.45, 7) is 0. The van der Waals surface area contributed by atoms with Crippen LogP contribution in [-0.4, -0.2) is 72.6 Å². The van der Waals surface area contributed by atoms with Crippen LogP contribution in [0, 0.1) is 0 Å². The standard InChI is InChI=1S/C21H21N9O5S3/c1-35-28-13(10-6-38-20(23)25-10)15(31)27-21(7-36)17(34)29-14(16(32)33)9(5-37-18(21)29)12-8-3-2-4-11(8)30(24)19(22)26-12/h6-7,18,22H,2-5,24H2,1H3,(H4,23,25,27,31,32,33)/p+1/t18-,21?/m0/s1. The maximum atomic E-state index is 13.6. The van der Waals surface area contributed by atoms with Crippen molar-refractivity contribution in [1.29, 1.82) is 0 Å². The first-order valence-electron chi connectivity index (χ1n) is 11.2. The van der Waals surface area contributed by atoms with Gasteiger partial charge in [0, 0.05) is 34.1 Å². The first-order valence-corrected chi connectivity index (χ1v) is 13.6. The molecule has 1 aliphatic carbocycles. The van der Waals surface area contributed by atoms with Crippen molar-refractivity contribution in [3.05, 3.63) is 33.7 Å². The molecule has 14 nitrogen and oxygen atoms in total. The number of aromatic nitrogens is 3. The monoisotopic (exact) mass is 576 g/mol. The summed E-state index contributed by atoms with van der Waals surface area (Å²) in [4.78, 5) is 53.6. The number of nitrogens with one attached hydrogen (secondary N) is 1. The quantitative estimate of drug-likeness (QED) is 0.0657. The minimum Gasteiger partial charge on any atom is -0.477 e. The van der Waals surface area contributed by atoms with E-state index in [0.29, 0.717) is 24.1 Å². The molecule has 2 atom stereocenters. The maximum absolute atomic E-state index is 13.6. The van der Waals surface area contributed by atoms with Crippen LogP contribution in [0.25, 0.3) is 5.57 Å². The van der Waals surface area contributed by atoms with Gasteiger partial charge in [0.25, 0.3) is 11.8 Å². The fourth-order valence-electron chi connectivity index (χ4n) is 4.83. The van der Waals surface area contributed by atoms with Gasteiger partial charge in [0.1, 0.15) is 29.6 Å². The summed E-state index contributed by atoms with van der Waals surface area (Å²) in [5.74, 6) is 3.43. The molecule has 2 aromatic heterocycles. The molecule has 2 aromatic rings. The highest BCUT2D eigenvalue weighted by Gasteiger charge is 2.65. The zero-order valence-corrected chi connectivity index (χ0v) is 22.3. The van der Waals surface area contributed by atoms with E-state index in [4.69, 9.17) is 34.4 Å². The summed E-state index contributed by atoms with van der Waals surface area (Å²) in [5, 5.41) is 18.6. The van der Waals surface area contributed by atoms with Gasteiger partial charge < -0.3 is 21.0 Å². The number of hydrogen-bond acceptors (Lipinski definition) is 13. The lowest BCUT2D eigenvalue weighted by molar-refractivity contribution is -0.634. The number of carboxylic acid groups (broad SMARTS) is 1. The number of thiazole rings is 1. The van der Waals surface area contributed by atoms with E-state index < -0.39 is 28.7 Å². The van der Waals surface area contributed by atoms with E-state index in [1.165, 1.54) is 28.9 Å². The molecule has 17 heteroatoms. The van der Waals surface area contributed by atoms with Gasteiger partial charge in [0.2, 0.25) is 0 Å². The first kappa shape index (κ1) is 25.8. The van der Waals surface area contributed by atoms with Crippen molar-refractivity contribution in [2.75, 3.05) is 30.2 Å². The number of amides is 2. The smallest absolute Gasteiger partial charge is 0.411 e. The van der Waals surface area contributed by atoms with Crippen LogP contribution in [0.2, 0.25) is 0 Å². The van der Waals surface area contributed by atoms with Gasteiger partial charge in [-0.1, -0.05) is 22.4 Å². The molecule has 2 aliphatic heterocycles. The second-order valence-corrected chi connectivity index (χ2v) is 10.8. The normalized spacial score (nSPS) is 22.4. The summed E-state index contributed by atoms with van der Waals surface area (Å²) in [6.07, 6.45) is 2.14. The molecule has 1 unspecified atom stereocenters. The SMILES string of the molecule is CON=C(C(=O)NC1(C=S)C(=O)N2C(C(=O)O)=C(c3nc(N)[n+](N)c4c3CCC4)CS[C@H]21)c1csc(N)n1. The number of β-lactam (4-membered cyclic amide) rings is 1. The molecule has 3 aliphatic rings. The molecule has 5 rings (SSSR count). The van der Waals surface area contributed by atoms with Gasteiger partial charge in [-0.05, 0) is 12.8 Å². The predicted molar refractivity (Wildman–Crippen MR) is 143 cm³/mol. The van der Waals surface area contributed by atoms with Crippen molar-refractivity contribution in [2.24, 2.45) is 5.16 Å². The second-order valence-electron chi connectivity index (χ2n) is 8.57. The Morgan fingerprint density at radius 3 is 2.79 bits per heavy atom. The van der Waals surface area contributed by atoms with E-state index in [1.807, 2.05) is 0 Å². The average molecular weight is 577 g/mol. The number of thiocarbonyl (C=S) groups is 1. The molecule has 4 heterocycles. The van der Waals surface area contributed by atoms with E-state index >= 15 is 0 Å². The molecular formula is C21H22N9O5S3+. The number of hydrogen-bond donors (Lipinski definition) is 5. The van der Waals surface area contributed by atoms with Crippen molar-refractivity contribution in [3.63, 3.8) is 0 Å². The van der Waals surface area contributed by atoms with E-state index in [-0.39, 0.29) is 33.9 Å². The lowest BCUT2D eigenvalue weighted by Crippen LogP contribution is -2.80. The maximum Gasteiger partial charge on any atom is 0.411 e. The minimum atomic E-state index is -1.68. The Balaban J connectivity index is 1.52. The molecule has 198 valence electrons. The number of nitrogens with zero attached hydrogens (tertiary/aromatic N) is 5. The lowest BCUT2D eigenvalue weighted by Gasteiger charge is -2.55. The van der Waals surface area contributed by atoms with Gasteiger partial charge in [0.05, 0.1) is 0 Å². The van der Waals surface area contributed by atoms with Crippen molar-refractivity contribution in [3.8, 4) is 0 Å². The number of fused-ring (bicyclic) bond motifs is 2. The number of anilines is 2. The van der Waals surface area contributed by atoms with E-state index in [1.54, 1.807) is 0 Å². The first-order chi connectivity index (χ1) is 18.1. The van der Waals surface area contributed by atoms with E-state index in [0.717, 1.165) is 39.3 Å². The molecule has 1 saturated heterocycles. The number of nitrogens with two attached hydrogens (primary N) is 3. The van der Waals surface area contributed by atoms with Gasteiger partial charge in [0.15, 0.2) is 22.1 Å². The molecule has 8 N–H and O–H groups in total. The van der Waals surface area contributed by atoms with Gasteiger partial charge in [-0.25, -0.2) is 9.78 Å². The Hall–Kier alpha value is -3.83. The van der Waals surface area contributed by atoms with Crippen molar-refractivity contribution < 1.29 is 29.0 Å². The summed E-state index contributed by atoms with van der Waals surface area (Å²) in [6, 6.07) is 0. The molecule has 0 spiro atoms. The Labute approximate surface area is 228 Å². The van der Waals surface area contributed by atoms with Crippen LogP contribution >= 0.6 is 35.3 Å². The van der Waals surface area contributed by atoms with Crippen LogP contribution in [0.5, 0.6) is 0 Å². The van der Waals surface area contributed by atoms with Crippen LogP contribution in [0.3, 0.4) is 0 Å². The number of thioether (sulfide) groups is 1. The Bertz CT molecular complexity index is 1470. The Morgan fingerprint density at radius 1 is 1.39 bits per heavy atom. The van der Waals surface area contributed by atoms with Crippen molar-refractivity contribution in [1.82, 2.24) is 20.2 Å². The van der Waals surface area contributed by atoms with Gasteiger partial charge in [-0.15, -0.1) is 27.8 Å². The largest absolute Gasteiger partial charge is 0.477 e. The molecule has 1 fully saturated rings. The van der Waals surface area contributed by atoms with Crippen molar-refractivity contribution >= 4 is 80.8 Å². The summed E-state index contributed by atoms with van der Waals surface area (Å²) in [7, 11) is 1.25. The van der Waals surface area contributed by atoms with E-state index in [9.17, 15) is 19.5 Å². The lowest BCUT2D eigenvalue weighted by atomic mass is 9.87. The molecule has 0 aromatic carbocycles. The fourth-order valence-corrected chi connectivity index (χ4v) is 7.19. The molecule has 0 saturated carbocycles. The number of carboxylic acids is 1. The highest BCUT2D eigenvalue weighted by atomic mass is 32.2. The molecular weight excluding hydrogens is 554 g/mol. The average Bonchev–Trinajstić information content (AvgIpc) is 3.56. The number of rotatable bonds is 7. The van der Waals surface area contributed by atoms with E-state index in [2.05, 4.69) is 20.4 Å². The molecule has 38 heavy (non-hydrogen) atoms. The summed E-state index contributed by atoms with van der Waals surface area (Å²) < 4.78 is 1.31. The highest BCUT2D eigenvalue weighted by Crippen LogP contribution is 2.48. The third-order valence-corrected chi connectivity index (χ3v) is 8.90. The van der Waals surface area contributed by atoms with Gasteiger partial charge in [-0.3, -0.25) is 26.1 Å². The predicted octanol–water partition coefficient (Wildman–Crippen LogP) is -1.19. The van der Waals surface area contributed by atoms with Crippen LogP contribution < -0.4 is 27.3 Å². The summed E-state index contributed by atoms with van der Waals surface area (Å²) in [5.41, 5.74) is 12.1. The van der Waals surface area contributed by atoms with Crippen molar-refractivity contribution in [2.45, 2.75) is 30.2 Å². The topological polar surface area (TPSA) is 216 Å². The third-order valence-electron chi connectivity index (χ3n) is 6.50. The minimum absolute atomic E-state index is 0.0353. The Morgan fingerprint density at radius 2 is 2.16 bits per heavy atom. The van der Waals surface area contributed by atoms with Crippen LogP contribution in [0.15, 0.2) is 16.2 Å². The van der Waals surface area contributed by atoms with Crippen LogP contribution in [0.1, 0.15) is 29.1 Å². The number of carbonyl (C=O) groups excluding carboxylic acids is 2. The molecule has 0 bridgehead atoms. The number of oxime groups is 1. The van der Waals surface area contributed by atoms with Gasteiger partial charge >= 0.3 is 11.9 Å². The second kappa shape index (κ2) is 9.48. The Kier molecular flexibility index (Phi) is 6.44.